The van der Waals surface area contributed by atoms with Gasteiger partial charge in [0.1, 0.15) is 5.82 Å². The van der Waals surface area contributed by atoms with Crippen molar-refractivity contribution in [3.8, 4) is 0 Å². The number of para-hydroxylation sites is 1. The van der Waals surface area contributed by atoms with Crippen LogP contribution in [0.15, 0.2) is 77.5 Å². The summed E-state index contributed by atoms with van der Waals surface area (Å²) >= 11 is 0. The predicted molar refractivity (Wildman–Crippen MR) is 127 cm³/mol. The molecule has 0 aliphatic carbocycles. The number of halogens is 1. The van der Waals surface area contributed by atoms with E-state index in [1.807, 2.05) is 48.8 Å². The average Bonchev–Trinajstić information content (AvgIpc) is 3.35. The highest BCUT2D eigenvalue weighted by molar-refractivity contribution is 6.01. The van der Waals surface area contributed by atoms with Crippen LogP contribution in [0.4, 0.5) is 33.2 Å². The quantitative estimate of drug-likeness (QED) is 0.448. The monoisotopic (exact) mass is 459 g/mol. The molecule has 4 aromatic rings. The van der Waals surface area contributed by atoms with Gasteiger partial charge in [-0.15, -0.1) is 5.10 Å². The molecule has 0 unspecified atom stereocenters. The molecule has 1 aliphatic heterocycles. The summed E-state index contributed by atoms with van der Waals surface area (Å²) in [5.41, 5.74) is 3.05. The largest absolute Gasteiger partial charge is 0.399 e. The van der Waals surface area contributed by atoms with Crippen molar-refractivity contribution in [2.75, 3.05) is 46.6 Å². The van der Waals surface area contributed by atoms with E-state index in [9.17, 15) is 9.18 Å². The number of nitrogens with zero attached hydrogens (tertiary/aromatic N) is 5. The van der Waals surface area contributed by atoms with Gasteiger partial charge in [-0.1, -0.05) is 17.2 Å². The highest BCUT2D eigenvalue weighted by Gasteiger charge is 2.19. The Morgan fingerprint density at radius 2 is 1.50 bits per heavy atom. The number of nitrogens with one attached hydrogen (secondary N) is 2. The average molecular weight is 459 g/mol. The molecule has 0 radical (unpaired) electrons. The summed E-state index contributed by atoms with van der Waals surface area (Å²) in [6.45, 7) is 3.63. The lowest BCUT2D eigenvalue weighted by atomic mass is 10.2. The number of carbonyl (C=O) groups is 1. The zero-order valence-electron chi connectivity index (χ0n) is 18.2. The molecule has 0 bridgehead atoms. The number of piperazine rings is 1. The standard InChI is InChI=1S/C24H22FN7O2/c25-20-3-1-2-4-21(20)28-24-30-29-23(34-24)22(33)27-17-5-7-18(8-6-17)31-13-15-32(16-14-31)19-9-11-26-12-10-19/h1-12H,13-16H2,(H,27,33)(H,28,30). The van der Waals surface area contributed by atoms with E-state index in [0.717, 1.165) is 31.9 Å². The van der Waals surface area contributed by atoms with Gasteiger partial charge in [0, 0.05) is 55.6 Å². The van der Waals surface area contributed by atoms with Gasteiger partial charge in [-0.2, -0.15) is 0 Å². The van der Waals surface area contributed by atoms with Crippen molar-refractivity contribution in [2.45, 2.75) is 0 Å². The van der Waals surface area contributed by atoms with Gasteiger partial charge < -0.3 is 24.9 Å². The Bertz CT molecular complexity index is 1260. The summed E-state index contributed by atoms with van der Waals surface area (Å²) in [5.74, 6) is -1.24. The number of carbonyl (C=O) groups excluding carboxylic acids is 1. The van der Waals surface area contributed by atoms with E-state index >= 15 is 0 Å². The van der Waals surface area contributed by atoms with Crippen molar-refractivity contribution in [2.24, 2.45) is 0 Å². The van der Waals surface area contributed by atoms with Gasteiger partial charge in [-0.3, -0.25) is 9.78 Å². The van der Waals surface area contributed by atoms with Crippen LogP contribution in [0.1, 0.15) is 10.7 Å². The molecule has 10 heteroatoms. The minimum Gasteiger partial charge on any atom is -0.399 e. The van der Waals surface area contributed by atoms with Gasteiger partial charge in [-0.25, -0.2) is 4.39 Å². The Balaban J connectivity index is 1.16. The highest BCUT2D eigenvalue weighted by Crippen LogP contribution is 2.23. The maximum Gasteiger partial charge on any atom is 0.320 e. The van der Waals surface area contributed by atoms with Crippen molar-refractivity contribution in [3.63, 3.8) is 0 Å². The number of anilines is 5. The first-order valence-corrected chi connectivity index (χ1v) is 10.8. The number of pyridine rings is 1. The second-order valence-electron chi connectivity index (χ2n) is 7.70. The topological polar surface area (TPSA) is 99.4 Å². The minimum atomic E-state index is -0.548. The molecule has 5 rings (SSSR count). The lowest BCUT2D eigenvalue weighted by Crippen LogP contribution is -2.46. The molecule has 2 N–H and O–H groups in total. The summed E-state index contributed by atoms with van der Waals surface area (Å²) in [6.07, 6.45) is 3.62. The van der Waals surface area contributed by atoms with Crippen molar-refractivity contribution in [1.82, 2.24) is 15.2 Å². The Labute approximate surface area is 195 Å². The third-order valence-electron chi connectivity index (χ3n) is 5.53. The van der Waals surface area contributed by atoms with Crippen molar-refractivity contribution in [1.29, 1.82) is 0 Å². The normalized spacial score (nSPS) is 13.6. The Kier molecular flexibility index (Phi) is 6.02. The summed E-state index contributed by atoms with van der Waals surface area (Å²) < 4.78 is 19.1. The van der Waals surface area contributed by atoms with Gasteiger partial charge in [0.2, 0.25) is 0 Å². The van der Waals surface area contributed by atoms with E-state index in [-0.39, 0.29) is 17.6 Å². The molecule has 1 fully saturated rings. The van der Waals surface area contributed by atoms with Crippen LogP contribution in [-0.2, 0) is 0 Å². The molecule has 9 nitrogen and oxygen atoms in total. The number of amides is 1. The Morgan fingerprint density at radius 3 is 2.18 bits per heavy atom. The van der Waals surface area contributed by atoms with Crippen LogP contribution in [0.3, 0.4) is 0 Å². The number of hydrogen-bond acceptors (Lipinski definition) is 8. The van der Waals surface area contributed by atoms with Gasteiger partial charge in [0.05, 0.1) is 5.69 Å². The van der Waals surface area contributed by atoms with E-state index in [0.29, 0.717) is 5.69 Å². The van der Waals surface area contributed by atoms with Crippen molar-refractivity contribution in [3.05, 3.63) is 84.8 Å². The fraction of sp³-hybridized carbons (Fsp3) is 0.167. The van der Waals surface area contributed by atoms with Crippen molar-refractivity contribution >= 4 is 34.7 Å². The fourth-order valence-corrected chi connectivity index (χ4v) is 3.76. The second kappa shape index (κ2) is 9.57. The molecule has 2 aromatic carbocycles. The van der Waals surface area contributed by atoms with Crippen LogP contribution in [0.2, 0.25) is 0 Å². The minimum absolute atomic E-state index is 0.0727. The fourth-order valence-electron chi connectivity index (χ4n) is 3.76. The number of benzene rings is 2. The molecule has 0 atom stereocenters. The molecule has 1 aliphatic rings. The van der Waals surface area contributed by atoms with E-state index in [1.165, 1.54) is 17.8 Å². The molecule has 1 saturated heterocycles. The van der Waals surface area contributed by atoms with Crippen LogP contribution in [0.5, 0.6) is 0 Å². The smallest absolute Gasteiger partial charge is 0.320 e. The number of aromatic nitrogens is 3. The molecule has 2 aromatic heterocycles. The molecule has 0 spiro atoms. The SMILES string of the molecule is O=C(Nc1ccc(N2CCN(c3ccncc3)CC2)cc1)c1nnc(Nc2ccccc2F)o1. The molecule has 0 saturated carbocycles. The molecular weight excluding hydrogens is 437 g/mol. The first kappa shape index (κ1) is 21.4. The van der Waals surface area contributed by atoms with E-state index in [1.54, 1.807) is 12.1 Å². The van der Waals surface area contributed by atoms with Gasteiger partial charge in [-0.05, 0) is 48.5 Å². The lowest BCUT2D eigenvalue weighted by molar-refractivity contribution is 0.0991. The summed E-state index contributed by atoms with van der Waals surface area (Å²) in [5, 5.41) is 12.9. The zero-order chi connectivity index (χ0) is 23.3. The highest BCUT2D eigenvalue weighted by atomic mass is 19.1. The second-order valence-corrected chi connectivity index (χ2v) is 7.70. The molecule has 3 heterocycles. The molecule has 172 valence electrons. The van der Waals surface area contributed by atoms with E-state index < -0.39 is 11.7 Å². The first-order chi connectivity index (χ1) is 16.7. The summed E-state index contributed by atoms with van der Waals surface area (Å²) in [6, 6.07) is 17.6. The van der Waals surface area contributed by atoms with E-state index in [4.69, 9.17) is 4.42 Å². The summed E-state index contributed by atoms with van der Waals surface area (Å²) in [7, 11) is 0. The number of hydrogen-bond donors (Lipinski definition) is 2. The van der Waals surface area contributed by atoms with Crippen LogP contribution in [0, 0.1) is 5.82 Å². The predicted octanol–water partition coefficient (Wildman–Crippen LogP) is 3.93. The third kappa shape index (κ3) is 4.80. The van der Waals surface area contributed by atoms with Crippen LogP contribution >= 0.6 is 0 Å². The first-order valence-electron chi connectivity index (χ1n) is 10.8. The maximum absolute atomic E-state index is 13.8. The van der Waals surface area contributed by atoms with Crippen molar-refractivity contribution < 1.29 is 13.6 Å². The van der Waals surface area contributed by atoms with E-state index in [2.05, 4.69) is 35.6 Å². The van der Waals surface area contributed by atoms with Crippen LogP contribution in [-0.4, -0.2) is 47.3 Å². The number of rotatable bonds is 6. The molecular formula is C24H22FN7O2. The molecule has 34 heavy (non-hydrogen) atoms. The maximum atomic E-state index is 13.8. The third-order valence-corrected chi connectivity index (χ3v) is 5.53. The van der Waals surface area contributed by atoms with Gasteiger partial charge >= 0.3 is 17.8 Å². The van der Waals surface area contributed by atoms with Crippen LogP contribution in [0.25, 0.3) is 0 Å². The molecule has 1 amide bonds. The van der Waals surface area contributed by atoms with Crippen LogP contribution < -0.4 is 20.4 Å². The van der Waals surface area contributed by atoms with Gasteiger partial charge in [0.25, 0.3) is 0 Å². The summed E-state index contributed by atoms with van der Waals surface area (Å²) in [4.78, 5) is 21.2. The Hall–Kier alpha value is -4.47. The Morgan fingerprint density at radius 1 is 0.853 bits per heavy atom. The van der Waals surface area contributed by atoms with Gasteiger partial charge in [0.15, 0.2) is 0 Å². The lowest BCUT2D eigenvalue weighted by Gasteiger charge is -2.37. The zero-order valence-corrected chi connectivity index (χ0v) is 18.2.